The van der Waals surface area contributed by atoms with E-state index in [1.807, 2.05) is 13.8 Å². The summed E-state index contributed by atoms with van der Waals surface area (Å²) >= 11 is 7.22. The minimum absolute atomic E-state index is 0.172. The first-order chi connectivity index (χ1) is 13.8. The van der Waals surface area contributed by atoms with Gasteiger partial charge in [0.1, 0.15) is 0 Å². The Morgan fingerprint density at radius 2 is 1.93 bits per heavy atom. The summed E-state index contributed by atoms with van der Waals surface area (Å²) in [5, 5.41) is -0.0752. The van der Waals surface area contributed by atoms with Crippen molar-refractivity contribution in [3.8, 4) is 11.5 Å². The van der Waals surface area contributed by atoms with Crippen LogP contribution in [0.1, 0.15) is 39.7 Å². The molecule has 0 N–H and O–H groups in total. The Balaban J connectivity index is 2.30. The molecule has 9 heteroatoms. The average molecular weight is 442 g/mol. The molecule has 1 heterocycles. The number of benzene rings is 1. The van der Waals surface area contributed by atoms with Crippen LogP contribution in [0.3, 0.4) is 0 Å². The molecule has 0 aliphatic carbocycles. The molecule has 1 aromatic rings. The molecule has 0 aromatic heterocycles. The molecule has 1 saturated heterocycles. The number of esters is 1. The Kier molecular flexibility index (Phi) is 8.40. The molecule has 2 rings (SSSR count). The molecule has 0 spiro atoms. The Bertz CT molecular complexity index is 825. The number of amides is 2. The highest BCUT2D eigenvalue weighted by atomic mass is 35.5. The van der Waals surface area contributed by atoms with Crippen molar-refractivity contribution in [2.24, 2.45) is 0 Å². The van der Waals surface area contributed by atoms with Gasteiger partial charge in [0.25, 0.3) is 11.1 Å². The second kappa shape index (κ2) is 10.5. The number of carbonyl (C=O) groups excluding carboxylic acids is 3. The van der Waals surface area contributed by atoms with Gasteiger partial charge in [-0.25, -0.2) is 4.79 Å². The van der Waals surface area contributed by atoms with Crippen LogP contribution in [0.2, 0.25) is 5.02 Å². The van der Waals surface area contributed by atoms with Crippen LogP contribution in [0.4, 0.5) is 4.79 Å². The summed E-state index contributed by atoms with van der Waals surface area (Å²) in [6, 6.07) is 3.06. The van der Waals surface area contributed by atoms with E-state index in [1.165, 1.54) is 4.90 Å². The number of thioether (sulfide) groups is 1. The predicted molar refractivity (Wildman–Crippen MR) is 112 cm³/mol. The number of rotatable bonds is 9. The third-order valence-corrected chi connectivity index (χ3v) is 5.29. The molecule has 1 aliphatic rings. The standard InChI is InChI=1S/C20H24ClNO6S/c1-5-12(4)22-19(24)16(29-20(22)25)10-13-8-14(21)18(15(9-13)26-6-2)28-11-17(23)27-7-3/h8-10,12H,5-7,11H2,1-4H3. The highest BCUT2D eigenvalue weighted by molar-refractivity contribution is 8.18. The fourth-order valence-electron chi connectivity index (χ4n) is 2.60. The Morgan fingerprint density at radius 1 is 1.21 bits per heavy atom. The molecular formula is C20H24ClNO6S. The number of halogens is 1. The van der Waals surface area contributed by atoms with Crippen molar-refractivity contribution in [1.29, 1.82) is 0 Å². The minimum Gasteiger partial charge on any atom is -0.490 e. The van der Waals surface area contributed by atoms with Crippen LogP contribution in [0.15, 0.2) is 17.0 Å². The summed E-state index contributed by atoms with van der Waals surface area (Å²) in [5.74, 6) is -0.303. The number of nitrogens with zero attached hydrogens (tertiary/aromatic N) is 1. The van der Waals surface area contributed by atoms with Crippen molar-refractivity contribution in [3.05, 3.63) is 27.6 Å². The normalized spacial score (nSPS) is 16.3. The van der Waals surface area contributed by atoms with E-state index in [1.54, 1.807) is 32.1 Å². The Labute approximate surface area is 179 Å². The second-order valence-electron chi connectivity index (χ2n) is 6.17. The van der Waals surface area contributed by atoms with Crippen molar-refractivity contribution in [2.75, 3.05) is 19.8 Å². The third-order valence-electron chi connectivity index (χ3n) is 4.12. The predicted octanol–water partition coefficient (Wildman–Crippen LogP) is 4.52. The summed E-state index contributed by atoms with van der Waals surface area (Å²) in [6.45, 7) is 7.54. The number of carbonyl (C=O) groups is 3. The average Bonchev–Trinajstić information content (AvgIpc) is 2.94. The maximum Gasteiger partial charge on any atom is 0.344 e. The molecule has 1 atom stereocenters. The smallest absolute Gasteiger partial charge is 0.344 e. The molecule has 0 saturated carbocycles. The topological polar surface area (TPSA) is 82.1 Å². The lowest BCUT2D eigenvalue weighted by Crippen LogP contribution is -2.36. The number of hydrogen-bond acceptors (Lipinski definition) is 7. The highest BCUT2D eigenvalue weighted by Gasteiger charge is 2.37. The number of imide groups is 1. The monoisotopic (exact) mass is 441 g/mol. The molecule has 2 amide bonds. The Hall–Kier alpha value is -2.19. The molecule has 1 aromatic carbocycles. The number of hydrogen-bond donors (Lipinski definition) is 0. The molecule has 7 nitrogen and oxygen atoms in total. The quantitative estimate of drug-likeness (QED) is 0.411. The van der Waals surface area contributed by atoms with Crippen LogP contribution in [0, 0.1) is 0 Å². The zero-order valence-electron chi connectivity index (χ0n) is 16.8. The highest BCUT2D eigenvalue weighted by Crippen LogP contribution is 2.39. The fourth-order valence-corrected chi connectivity index (χ4v) is 3.81. The molecule has 1 aliphatic heterocycles. The zero-order valence-corrected chi connectivity index (χ0v) is 18.4. The van der Waals surface area contributed by atoms with Crippen molar-refractivity contribution < 1.29 is 28.6 Å². The summed E-state index contributed by atoms with van der Waals surface area (Å²) in [4.78, 5) is 37.9. The van der Waals surface area contributed by atoms with E-state index in [-0.39, 0.29) is 41.2 Å². The van der Waals surface area contributed by atoms with Gasteiger partial charge in [-0.1, -0.05) is 18.5 Å². The summed E-state index contributed by atoms with van der Waals surface area (Å²) in [5.41, 5.74) is 0.580. The maximum absolute atomic E-state index is 12.6. The van der Waals surface area contributed by atoms with Crippen LogP contribution in [-0.2, 0) is 14.3 Å². The van der Waals surface area contributed by atoms with E-state index in [9.17, 15) is 14.4 Å². The van der Waals surface area contributed by atoms with Gasteiger partial charge in [-0.3, -0.25) is 14.5 Å². The lowest BCUT2D eigenvalue weighted by molar-refractivity contribution is -0.145. The fraction of sp³-hybridized carbons (Fsp3) is 0.450. The second-order valence-corrected chi connectivity index (χ2v) is 7.57. The van der Waals surface area contributed by atoms with Crippen molar-refractivity contribution in [3.63, 3.8) is 0 Å². The SMILES string of the molecule is CCOC(=O)COc1c(Cl)cc(C=C2SC(=O)N(C(C)CC)C2=O)cc1OCC. The van der Waals surface area contributed by atoms with Crippen LogP contribution in [0.5, 0.6) is 11.5 Å². The van der Waals surface area contributed by atoms with Gasteiger partial charge >= 0.3 is 5.97 Å². The lowest BCUT2D eigenvalue weighted by atomic mass is 10.1. The molecule has 0 bridgehead atoms. The van der Waals surface area contributed by atoms with E-state index in [2.05, 4.69) is 0 Å². The largest absolute Gasteiger partial charge is 0.490 e. The van der Waals surface area contributed by atoms with E-state index in [4.69, 9.17) is 25.8 Å². The lowest BCUT2D eigenvalue weighted by Gasteiger charge is -2.19. The van der Waals surface area contributed by atoms with Crippen LogP contribution in [0.25, 0.3) is 6.08 Å². The van der Waals surface area contributed by atoms with E-state index < -0.39 is 5.97 Å². The van der Waals surface area contributed by atoms with Crippen LogP contribution in [-0.4, -0.2) is 47.9 Å². The Morgan fingerprint density at radius 3 is 2.55 bits per heavy atom. The van der Waals surface area contributed by atoms with Crippen molar-refractivity contribution >= 4 is 46.6 Å². The van der Waals surface area contributed by atoms with Gasteiger partial charge in [-0.05, 0) is 62.7 Å². The van der Waals surface area contributed by atoms with Gasteiger partial charge in [0.05, 0.1) is 23.1 Å². The first-order valence-electron chi connectivity index (χ1n) is 9.34. The van der Waals surface area contributed by atoms with Gasteiger partial charge < -0.3 is 14.2 Å². The molecule has 1 fully saturated rings. The van der Waals surface area contributed by atoms with Gasteiger partial charge in [-0.2, -0.15) is 0 Å². The number of ether oxygens (including phenoxy) is 3. The molecular weight excluding hydrogens is 418 g/mol. The molecule has 158 valence electrons. The zero-order chi connectivity index (χ0) is 21.6. The summed E-state index contributed by atoms with van der Waals surface area (Å²) in [6.07, 6.45) is 2.27. The van der Waals surface area contributed by atoms with Gasteiger partial charge in [0, 0.05) is 6.04 Å². The summed E-state index contributed by atoms with van der Waals surface area (Å²) < 4.78 is 15.9. The first-order valence-corrected chi connectivity index (χ1v) is 10.5. The van der Waals surface area contributed by atoms with Crippen molar-refractivity contribution in [1.82, 2.24) is 4.90 Å². The molecule has 1 unspecified atom stereocenters. The van der Waals surface area contributed by atoms with Crippen LogP contribution >= 0.6 is 23.4 Å². The minimum atomic E-state index is -0.520. The summed E-state index contributed by atoms with van der Waals surface area (Å²) in [7, 11) is 0. The first kappa shape index (κ1) is 23.1. The van der Waals surface area contributed by atoms with Gasteiger partial charge in [0.15, 0.2) is 18.1 Å². The molecule has 0 radical (unpaired) electrons. The van der Waals surface area contributed by atoms with Crippen LogP contribution < -0.4 is 9.47 Å². The maximum atomic E-state index is 12.6. The third kappa shape index (κ3) is 5.67. The van der Waals surface area contributed by atoms with E-state index in [0.29, 0.717) is 29.2 Å². The van der Waals surface area contributed by atoms with E-state index >= 15 is 0 Å². The van der Waals surface area contributed by atoms with Crippen molar-refractivity contribution in [2.45, 2.75) is 40.2 Å². The van der Waals surface area contributed by atoms with Gasteiger partial charge in [-0.15, -0.1) is 0 Å². The van der Waals surface area contributed by atoms with Gasteiger partial charge in [0.2, 0.25) is 0 Å². The van der Waals surface area contributed by atoms with E-state index in [0.717, 1.165) is 11.8 Å². The molecule has 29 heavy (non-hydrogen) atoms.